The molecule has 0 amide bonds. The van der Waals surface area contributed by atoms with Crippen LogP contribution in [0.2, 0.25) is 0 Å². The second kappa shape index (κ2) is 5.67. The quantitative estimate of drug-likeness (QED) is 0.803. The highest BCUT2D eigenvalue weighted by Crippen LogP contribution is 2.30. The van der Waals surface area contributed by atoms with Gasteiger partial charge in [-0.1, -0.05) is 26.7 Å². The lowest BCUT2D eigenvalue weighted by molar-refractivity contribution is -0.141. The zero-order valence-corrected chi connectivity index (χ0v) is 10.8. The highest BCUT2D eigenvalue weighted by molar-refractivity contribution is 5.68. The highest BCUT2D eigenvalue weighted by atomic mass is 16.4. The van der Waals surface area contributed by atoms with E-state index in [9.17, 15) is 4.79 Å². The summed E-state index contributed by atoms with van der Waals surface area (Å²) in [5.41, 5.74) is -0.184. The summed E-state index contributed by atoms with van der Waals surface area (Å²) >= 11 is 0. The molecule has 0 bridgehead atoms. The van der Waals surface area contributed by atoms with Crippen LogP contribution in [0.1, 0.15) is 52.9 Å². The van der Waals surface area contributed by atoms with E-state index in [1.165, 1.54) is 25.7 Å². The third-order valence-corrected chi connectivity index (χ3v) is 4.08. The van der Waals surface area contributed by atoms with Crippen molar-refractivity contribution in [3.63, 3.8) is 0 Å². The zero-order valence-electron chi connectivity index (χ0n) is 10.8. The summed E-state index contributed by atoms with van der Waals surface area (Å²) in [6.07, 6.45) is 5.25. The molecule has 1 aliphatic heterocycles. The molecule has 3 nitrogen and oxygen atoms in total. The van der Waals surface area contributed by atoms with Crippen molar-refractivity contribution in [1.29, 1.82) is 0 Å². The van der Waals surface area contributed by atoms with Crippen molar-refractivity contribution in [2.75, 3.05) is 13.1 Å². The summed E-state index contributed by atoms with van der Waals surface area (Å²) in [6.45, 7) is 8.49. The average molecular weight is 227 g/mol. The van der Waals surface area contributed by atoms with E-state index in [1.54, 1.807) is 0 Å². The van der Waals surface area contributed by atoms with E-state index in [4.69, 9.17) is 5.11 Å². The van der Waals surface area contributed by atoms with E-state index < -0.39 is 5.97 Å². The van der Waals surface area contributed by atoms with Gasteiger partial charge in [0.15, 0.2) is 0 Å². The smallest absolute Gasteiger partial charge is 0.305 e. The summed E-state index contributed by atoms with van der Waals surface area (Å²) in [6, 6.07) is 0. The van der Waals surface area contributed by atoms with Crippen LogP contribution in [0.15, 0.2) is 0 Å². The standard InChI is InChI=1S/C13H25NO2/c1-11(2)13(3,10-12(15)16)14-8-6-4-5-7-9-14/h11H,4-10H2,1-3H3,(H,15,16). The topological polar surface area (TPSA) is 40.5 Å². The maximum Gasteiger partial charge on any atom is 0.305 e. The predicted molar refractivity (Wildman–Crippen MR) is 65.5 cm³/mol. The Morgan fingerprint density at radius 3 is 2.12 bits per heavy atom. The van der Waals surface area contributed by atoms with Crippen molar-refractivity contribution in [2.24, 2.45) is 5.92 Å². The molecule has 1 unspecified atom stereocenters. The van der Waals surface area contributed by atoms with Crippen LogP contribution >= 0.6 is 0 Å². The number of carboxylic acids is 1. The van der Waals surface area contributed by atoms with Crippen molar-refractivity contribution in [2.45, 2.75) is 58.4 Å². The van der Waals surface area contributed by atoms with Crippen LogP contribution in [0.3, 0.4) is 0 Å². The number of likely N-dealkylation sites (tertiary alicyclic amines) is 1. The van der Waals surface area contributed by atoms with Gasteiger partial charge < -0.3 is 5.11 Å². The summed E-state index contributed by atoms with van der Waals surface area (Å²) in [5, 5.41) is 9.07. The van der Waals surface area contributed by atoms with E-state index in [-0.39, 0.29) is 12.0 Å². The fraction of sp³-hybridized carbons (Fsp3) is 0.923. The molecule has 0 saturated carbocycles. The first-order valence-electron chi connectivity index (χ1n) is 6.43. The number of nitrogens with zero attached hydrogens (tertiary/aromatic N) is 1. The van der Waals surface area contributed by atoms with Gasteiger partial charge in [0.1, 0.15) is 0 Å². The molecular formula is C13H25NO2. The van der Waals surface area contributed by atoms with Gasteiger partial charge in [-0.15, -0.1) is 0 Å². The molecule has 0 spiro atoms. The molecule has 0 radical (unpaired) electrons. The molecule has 1 heterocycles. The molecule has 1 N–H and O–H groups in total. The average Bonchev–Trinajstić information content (AvgIpc) is 2.44. The number of rotatable bonds is 4. The zero-order chi connectivity index (χ0) is 12.2. The van der Waals surface area contributed by atoms with Gasteiger partial charge in [-0.05, 0) is 38.8 Å². The fourth-order valence-electron chi connectivity index (χ4n) is 2.57. The largest absolute Gasteiger partial charge is 0.481 e. The van der Waals surface area contributed by atoms with Crippen LogP contribution in [-0.4, -0.2) is 34.6 Å². The molecule has 16 heavy (non-hydrogen) atoms. The summed E-state index contributed by atoms with van der Waals surface area (Å²) in [4.78, 5) is 13.4. The van der Waals surface area contributed by atoms with Crippen molar-refractivity contribution < 1.29 is 9.90 Å². The van der Waals surface area contributed by atoms with Gasteiger partial charge in [0, 0.05) is 5.54 Å². The number of carboxylic acid groups (broad SMARTS) is 1. The maximum atomic E-state index is 11.0. The van der Waals surface area contributed by atoms with Crippen LogP contribution in [-0.2, 0) is 4.79 Å². The molecule has 1 rings (SSSR count). The number of aliphatic carboxylic acids is 1. The molecule has 94 valence electrons. The second-order valence-corrected chi connectivity index (χ2v) is 5.48. The van der Waals surface area contributed by atoms with Crippen molar-refractivity contribution in [1.82, 2.24) is 4.90 Å². The van der Waals surface area contributed by atoms with E-state index >= 15 is 0 Å². The molecule has 1 aliphatic rings. The van der Waals surface area contributed by atoms with Crippen LogP contribution in [0.25, 0.3) is 0 Å². The second-order valence-electron chi connectivity index (χ2n) is 5.48. The predicted octanol–water partition coefficient (Wildman–Crippen LogP) is 2.75. The van der Waals surface area contributed by atoms with Crippen molar-refractivity contribution >= 4 is 5.97 Å². The van der Waals surface area contributed by atoms with Crippen LogP contribution in [0, 0.1) is 5.92 Å². The monoisotopic (exact) mass is 227 g/mol. The first kappa shape index (κ1) is 13.5. The Hall–Kier alpha value is -0.570. The van der Waals surface area contributed by atoms with Gasteiger partial charge in [0.2, 0.25) is 0 Å². The molecule has 0 aromatic heterocycles. The minimum absolute atomic E-state index is 0.184. The molecular weight excluding hydrogens is 202 g/mol. The SMILES string of the molecule is CC(C)C(C)(CC(=O)O)N1CCCCCC1. The van der Waals surface area contributed by atoms with Crippen LogP contribution < -0.4 is 0 Å². The Morgan fingerprint density at radius 2 is 1.75 bits per heavy atom. The number of hydrogen-bond acceptors (Lipinski definition) is 2. The Kier molecular flexibility index (Phi) is 4.78. The van der Waals surface area contributed by atoms with E-state index in [0.717, 1.165) is 13.1 Å². The number of hydrogen-bond donors (Lipinski definition) is 1. The highest BCUT2D eigenvalue weighted by Gasteiger charge is 2.37. The van der Waals surface area contributed by atoms with Gasteiger partial charge in [-0.2, -0.15) is 0 Å². The minimum Gasteiger partial charge on any atom is -0.481 e. The van der Waals surface area contributed by atoms with Gasteiger partial charge >= 0.3 is 5.97 Å². The minimum atomic E-state index is -0.680. The first-order valence-corrected chi connectivity index (χ1v) is 6.43. The molecule has 0 aromatic carbocycles. The molecule has 1 atom stereocenters. The normalized spacial score (nSPS) is 22.8. The lowest BCUT2D eigenvalue weighted by atomic mass is 9.83. The molecule has 0 aromatic rings. The summed E-state index contributed by atoms with van der Waals surface area (Å²) in [5.74, 6) is -0.304. The van der Waals surface area contributed by atoms with Gasteiger partial charge in [0.25, 0.3) is 0 Å². The molecule has 1 fully saturated rings. The molecule has 0 aliphatic carbocycles. The van der Waals surface area contributed by atoms with Crippen molar-refractivity contribution in [3.05, 3.63) is 0 Å². The summed E-state index contributed by atoms with van der Waals surface area (Å²) in [7, 11) is 0. The van der Waals surface area contributed by atoms with Gasteiger partial charge in [-0.25, -0.2) is 0 Å². The molecule has 3 heteroatoms. The Labute approximate surface area is 98.8 Å². The Balaban J connectivity index is 2.77. The first-order chi connectivity index (χ1) is 7.47. The third-order valence-electron chi connectivity index (χ3n) is 4.08. The van der Waals surface area contributed by atoms with Gasteiger partial charge in [0.05, 0.1) is 6.42 Å². The Bertz CT molecular complexity index is 232. The van der Waals surface area contributed by atoms with Crippen LogP contribution in [0.4, 0.5) is 0 Å². The lowest BCUT2D eigenvalue weighted by Crippen LogP contribution is -2.52. The van der Waals surface area contributed by atoms with Crippen molar-refractivity contribution in [3.8, 4) is 0 Å². The van der Waals surface area contributed by atoms with E-state index in [2.05, 4.69) is 25.7 Å². The lowest BCUT2D eigenvalue weighted by Gasteiger charge is -2.43. The fourth-order valence-corrected chi connectivity index (χ4v) is 2.57. The van der Waals surface area contributed by atoms with Crippen LogP contribution in [0.5, 0.6) is 0 Å². The maximum absolute atomic E-state index is 11.0. The van der Waals surface area contributed by atoms with E-state index in [1.807, 2.05) is 0 Å². The van der Waals surface area contributed by atoms with Gasteiger partial charge in [-0.3, -0.25) is 9.69 Å². The van der Waals surface area contributed by atoms with E-state index in [0.29, 0.717) is 5.92 Å². The Morgan fingerprint density at radius 1 is 1.25 bits per heavy atom. The summed E-state index contributed by atoms with van der Waals surface area (Å²) < 4.78 is 0. The molecule has 1 saturated heterocycles. The number of carbonyl (C=O) groups is 1. The third kappa shape index (κ3) is 3.21.